The van der Waals surface area contributed by atoms with Crippen molar-refractivity contribution < 1.29 is 4.79 Å². The minimum absolute atomic E-state index is 0.233. The van der Waals surface area contributed by atoms with Gasteiger partial charge < -0.3 is 10.2 Å². The highest BCUT2D eigenvalue weighted by Gasteiger charge is 2.32. The van der Waals surface area contributed by atoms with Crippen LogP contribution in [0.1, 0.15) is 44.7 Å². The van der Waals surface area contributed by atoms with Crippen LogP contribution >= 0.6 is 0 Å². The maximum Gasteiger partial charge on any atom is 0.237 e. The van der Waals surface area contributed by atoms with Crippen molar-refractivity contribution >= 4 is 5.91 Å². The summed E-state index contributed by atoms with van der Waals surface area (Å²) in [6, 6.07) is 5.04. The van der Waals surface area contributed by atoms with Crippen LogP contribution in [-0.4, -0.2) is 59.0 Å². The molecule has 2 aliphatic heterocycles. The van der Waals surface area contributed by atoms with Gasteiger partial charge in [-0.15, -0.1) is 0 Å². The molecule has 3 atom stereocenters. The fourth-order valence-electron chi connectivity index (χ4n) is 4.01. The Morgan fingerprint density at radius 3 is 2.83 bits per heavy atom. The number of piperazine rings is 1. The van der Waals surface area contributed by atoms with Crippen molar-refractivity contribution in [2.75, 3.05) is 26.2 Å². The Labute approximate surface area is 139 Å². The lowest BCUT2D eigenvalue weighted by Gasteiger charge is -2.42. The lowest BCUT2D eigenvalue weighted by molar-refractivity contribution is -0.139. The van der Waals surface area contributed by atoms with Crippen molar-refractivity contribution in [2.45, 2.75) is 51.2 Å². The third-order valence-corrected chi connectivity index (χ3v) is 5.24. The molecule has 5 heteroatoms. The Hall–Kier alpha value is -1.46. The molecule has 3 unspecified atom stereocenters. The monoisotopic (exact) mass is 316 g/mol. The number of carbonyl (C=O) groups is 1. The average molecular weight is 316 g/mol. The number of pyridine rings is 1. The van der Waals surface area contributed by atoms with E-state index in [0.717, 1.165) is 32.5 Å². The summed E-state index contributed by atoms with van der Waals surface area (Å²) in [6.07, 6.45) is 7.21. The van der Waals surface area contributed by atoms with Crippen LogP contribution in [0.2, 0.25) is 0 Å². The summed E-state index contributed by atoms with van der Waals surface area (Å²) in [5.41, 5.74) is 1.19. The van der Waals surface area contributed by atoms with Gasteiger partial charge in [-0.2, -0.15) is 0 Å². The summed E-state index contributed by atoms with van der Waals surface area (Å²) in [6.45, 7) is 7.60. The van der Waals surface area contributed by atoms with E-state index >= 15 is 0 Å². The molecule has 1 N–H and O–H groups in total. The van der Waals surface area contributed by atoms with Crippen LogP contribution < -0.4 is 5.32 Å². The van der Waals surface area contributed by atoms with E-state index in [9.17, 15) is 4.79 Å². The number of hydrogen-bond acceptors (Lipinski definition) is 4. The quantitative estimate of drug-likeness (QED) is 0.924. The largest absolute Gasteiger partial charge is 0.336 e. The zero-order valence-corrected chi connectivity index (χ0v) is 14.2. The third kappa shape index (κ3) is 3.72. The predicted octanol–water partition coefficient (Wildman–Crippen LogP) is 1.82. The first-order valence-electron chi connectivity index (χ1n) is 8.82. The van der Waals surface area contributed by atoms with Crippen molar-refractivity contribution in [3.8, 4) is 0 Å². The highest BCUT2D eigenvalue weighted by atomic mass is 16.2. The Morgan fingerprint density at radius 2 is 2.13 bits per heavy atom. The van der Waals surface area contributed by atoms with Crippen molar-refractivity contribution in [1.29, 1.82) is 0 Å². The van der Waals surface area contributed by atoms with Gasteiger partial charge in [-0.3, -0.25) is 14.7 Å². The van der Waals surface area contributed by atoms with Gasteiger partial charge in [0.2, 0.25) is 5.91 Å². The molecule has 2 fully saturated rings. The van der Waals surface area contributed by atoms with Crippen molar-refractivity contribution in [1.82, 2.24) is 20.1 Å². The van der Waals surface area contributed by atoms with Crippen LogP contribution in [-0.2, 0) is 4.79 Å². The van der Waals surface area contributed by atoms with Gasteiger partial charge in [-0.05, 0) is 44.7 Å². The lowest BCUT2D eigenvalue weighted by atomic mass is 9.97. The zero-order chi connectivity index (χ0) is 16.2. The van der Waals surface area contributed by atoms with Crippen LogP contribution in [0.25, 0.3) is 0 Å². The Bertz CT molecular complexity index is 511. The van der Waals surface area contributed by atoms with Crippen LogP contribution in [0.5, 0.6) is 0 Å². The van der Waals surface area contributed by atoms with Crippen molar-refractivity contribution in [3.63, 3.8) is 0 Å². The summed E-state index contributed by atoms with van der Waals surface area (Å²) in [4.78, 5) is 21.6. The third-order valence-electron chi connectivity index (χ3n) is 5.24. The number of carbonyl (C=O) groups excluding carboxylic acids is 1. The first kappa shape index (κ1) is 16.4. The summed E-state index contributed by atoms with van der Waals surface area (Å²) < 4.78 is 0. The number of aromatic nitrogens is 1. The summed E-state index contributed by atoms with van der Waals surface area (Å²) in [5, 5.41) is 3.44. The van der Waals surface area contributed by atoms with Gasteiger partial charge in [0.05, 0.1) is 6.54 Å². The van der Waals surface area contributed by atoms with Crippen LogP contribution in [0.3, 0.4) is 0 Å². The second-order valence-electron chi connectivity index (χ2n) is 6.91. The molecule has 3 heterocycles. The Morgan fingerprint density at radius 1 is 1.35 bits per heavy atom. The number of likely N-dealkylation sites (tertiary alicyclic amines) is 1. The smallest absolute Gasteiger partial charge is 0.237 e. The molecule has 2 saturated heterocycles. The van der Waals surface area contributed by atoms with E-state index in [-0.39, 0.29) is 11.9 Å². The molecule has 5 nitrogen and oxygen atoms in total. The highest BCUT2D eigenvalue weighted by Crippen LogP contribution is 2.25. The number of nitrogens with one attached hydrogen (secondary N) is 1. The number of amides is 1. The molecule has 0 spiro atoms. The minimum atomic E-state index is 0.233. The van der Waals surface area contributed by atoms with E-state index in [0.29, 0.717) is 18.6 Å². The SMILES string of the molecule is CC1CCCC(C)N1C(=O)CN1CCNCC1c1cccnc1. The molecule has 126 valence electrons. The minimum Gasteiger partial charge on any atom is -0.336 e. The van der Waals surface area contributed by atoms with Crippen LogP contribution in [0.15, 0.2) is 24.5 Å². The molecule has 1 amide bonds. The van der Waals surface area contributed by atoms with Gasteiger partial charge in [-0.25, -0.2) is 0 Å². The molecule has 0 radical (unpaired) electrons. The molecule has 0 bridgehead atoms. The molecule has 0 aliphatic carbocycles. The topological polar surface area (TPSA) is 48.5 Å². The molecule has 23 heavy (non-hydrogen) atoms. The van der Waals surface area contributed by atoms with E-state index < -0.39 is 0 Å². The standard InChI is InChI=1S/C18H28N4O/c1-14-5-3-6-15(2)22(14)18(23)13-21-10-9-20-12-17(21)16-7-4-8-19-11-16/h4,7-8,11,14-15,17,20H,3,5-6,9-10,12-13H2,1-2H3. The number of rotatable bonds is 3. The second kappa shape index (κ2) is 7.41. The van der Waals surface area contributed by atoms with Gasteiger partial charge in [0.1, 0.15) is 0 Å². The fraction of sp³-hybridized carbons (Fsp3) is 0.667. The summed E-state index contributed by atoms with van der Waals surface area (Å²) >= 11 is 0. The van der Waals surface area contributed by atoms with E-state index in [1.807, 2.05) is 12.3 Å². The van der Waals surface area contributed by atoms with E-state index in [2.05, 4.69) is 40.0 Å². The molecule has 0 aromatic carbocycles. The second-order valence-corrected chi connectivity index (χ2v) is 6.91. The first-order valence-corrected chi connectivity index (χ1v) is 8.82. The van der Waals surface area contributed by atoms with Gasteiger partial charge in [0, 0.05) is 50.2 Å². The van der Waals surface area contributed by atoms with E-state index in [4.69, 9.17) is 0 Å². The van der Waals surface area contributed by atoms with Gasteiger partial charge in [0.15, 0.2) is 0 Å². The van der Waals surface area contributed by atoms with Crippen LogP contribution in [0, 0.1) is 0 Å². The highest BCUT2D eigenvalue weighted by molar-refractivity contribution is 5.79. The zero-order valence-electron chi connectivity index (χ0n) is 14.2. The maximum atomic E-state index is 12.9. The van der Waals surface area contributed by atoms with Crippen LogP contribution in [0.4, 0.5) is 0 Å². The average Bonchev–Trinajstić information content (AvgIpc) is 2.56. The maximum absolute atomic E-state index is 12.9. The van der Waals surface area contributed by atoms with Gasteiger partial charge >= 0.3 is 0 Å². The predicted molar refractivity (Wildman–Crippen MR) is 91.0 cm³/mol. The first-order chi connectivity index (χ1) is 11.2. The van der Waals surface area contributed by atoms with E-state index in [1.165, 1.54) is 12.0 Å². The number of hydrogen-bond donors (Lipinski definition) is 1. The number of piperidine rings is 1. The molecular weight excluding hydrogens is 288 g/mol. The Balaban J connectivity index is 1.70. The molecule has 1 aromatic heterocycles. The lowest BCUT2D eigenvalue weighted by Crippen LogP contribution is -2.54. The van der Waals surface area contributed by atoms with Gasteiger partial charge in [-0.1, -0.05) is 6.07 Å². The van der Waals surface area contributed by atoms with Crippen molar-refractivity contribution in [2.24, 2.45) is 0 Å². The molecule has 0 saturated carbocycles. The van der Waals surface area contributed by atoms with Gasteiger partial charge in [0.25, 0.3) is 0 Å². The summed E-state index contributed by atoms with van der Waals surface area (Å²) in [7, 11) is 0. The normalized spacial score (nSPS) is 29.5. The summed E-state index contributed by atoms with van der Waals surface area (Å²) in [5.74, 6) is 0.278. The Kier molecular flexibility index (Phi) is 5.28. The molecular formula is C18H28N4O. The number of nitrogens with zero attached hydrogens (tertiary/aromatic N) is 3. The molecule has 1 aromatic rings. The fourth-order valence-corrected chi connectivity index (χ4v) is 4.01. The van der Waals surface area contributed by atoms with Crippen molar-refractivity contribution in [3.05, 3.63) is 30.1 Å². The molecule has 3 rings (SSSR count). The van der Waals surface area contributed by atoms with E-state index in [1.54, 1.807) is 6.20 Å². The molecule has 2 aliphatic rings.